The van der Waals surface area contributed by atoms with Crippen molar-refractivity contribution in [2.75, 3.05) is 12.9 Å². The highest BCUT2D eigenvalue weighted by atomic mass is 32.2. The number of nitrogens with one attached hydrogen (secondary N) is 1. The Balaban J connectivity index is 1.83. The highest BCUT2D eigenvalue weighted by Crippen LogP contribution is 2.32. The van der Waals surface area contributed by atoms with E-state index in [0.29, 0.717) is 0 Å². The third-order valence-electron chi connectivity index (χ3n) is 3.09. The summed E-state index contributed by atoms with van der Waals surface area (Å²) < 4.78 is 5.11. The molecule has 0 bridgehead atoms. The highest BCUT2D eigenvalue weighted by Gasteiger charge is 2.37. The van der Waals surface area contributed by atoms with E-state index in [4.69, 9.17) is 9.84 Å². The van der Waals surface area contributed by atoms with Crippen LogP contribution in [0.4, 0.5) is 0 Å². The van der Waals surface area contributed by atoms with Crippen molar-refractivity contribution in [2.24, 2.45) is 5.92 Å². The molecule has 0 spiro atoms. The van der Waals surface area contributed by atoms with E-state index in [1.54, 1.807) is 7.11 Å². The number of rotatable bonds is 7. The van der Waals surface area contributed by atoms with Gasteiger partial charge in [0.05, 0.1) is 12.9 Å². The van der Waals surface area contributed by atoms with E-state index in [1.807, 2.05) is 24.3 Å². The van der Waals surface area contributed by atoms with E-state index in [1.165, 1.54) is 11.8 Å². The third-order valence-corrected chi connectivity index (χ3v) is 4.08. The predicted octanol–water partition coefficient (Wildman–Crippen LogP) is 1.77. The van der Waals surface area contributed by atoms with Crippen LogP contribution in [-0.2, 0) is 9.59 Å². The maximum Gasteiger partial charge on any atom is 0.326 e. The van der Waals surface area contributed by atoms with E-state index >= 15 is 0 Å². The molecule has 5 nitrogen and oxygen atoms in total. The minimum atomic E-state index is -0.952. The number of carboxylic acid groups (broad SMARTS) is 1. The molecule has 1 aromatic rings. The van der Waals surface area contributed by atoms with Crippen molar-refractivity contribution in [3.05, 3.63) is 24.3 Å². The van der Waals surface area contributed by atoms with E-state index in [0.717, 1.165) is 23.5 Å². The van der Waals surface area contributed by atoms with Crippen LogP contribution in [0.2, 0.25) is 0 Å². The molecule has 1 unspecified atom stereocenters. The largest absolute Gasteiger partial charge is 0.497 e. The second-order valence-electron chi connectivity index (χ2n) is 4.69. The summed E-state index contributed by atoms with van der Waals surface area (Å²) in [6.45, 7) is 0. The molecule has 1 atom stereocenters. The first-order chi connectivity index (χ1) is 9.60. The molecule has 1 aromatic carbocycles. The Morgan fingerprint density at radius 3 is 2.85 bits per heavy atom. The van der Waals surface area contributed by atoms with Gasteiger partial charge in [-0.05, 0) is 37.0 Å². The molecule has 0 heterocycles. The van der Waals surface area contributed by atoms with Gasteiger partial charge in [-0.15, -0.1) is 11.8 Å². The molecule has 1 saturated carbocycles. The van der Waals surface area contributed by atoms with Gasteiger partial charge in [0.1, 0.15) is 11.8 Å². The second-order valence-corrected chi connectivity index (χ2v) is 5.74. The minimum Gasteiger partial charge on any atom is -0.497 e. The molecule has 0 saturated heterocycles. The molecule has 0 radical (unpaired) electrons. The fourth-order valence-electron chi connectivity index (χ4n) is 1.87. The fourth-order valence-corrected chi connectivity index (χ4v) is 2.62. The van der Waals surface area contributed by atoms with E-state index in [-0.39, 0.29) is 17.6 Å². The number of hydrogen-bond donors (Lipinski definition) is 2. The van der Waals surface area contributed by atoms with Gasteiger partial charge in [0.25, 0.3) is 0 Å². The highest BCUT2D eigenvalue weighted by molar-refractivity contribution is 8.00. The molecule has 1 amide bonds. The van der Waals surface area contributed by atoms with Gasteiger partial charge < -0.3 is 15.2 Å². The number of carboxylic acids is 1. The van der Waals surface area contributed by atoms with Crippen LogP contribution in [0.15, 0.2) is 29.2 Å². The van der Waals surface area contributed by atoms with Crippen molar-refractivity contribution in [1.29, 1.82) is 0 Å². The molecule has 0 aliphatic heterocycles. The predicted molar refractivity (Wildman–Crippen MR) is 76.0 cm³/mol. The van der Waals surface area contributed by atoms with E-state index in [2.05, 4.69) is 5.32 Å². The SMILES string of the molecule is COc1cccc(SCC(=O)NC(C(=O)O)C2CC2)c1. The number of methoxy groups -OCH3 is 1. The summed E-state index contributed by atoms with van der Waals surface area (Å²) in [5, 5.41) is 11.6. The van der Waals surface area contributed by atoms with Crippen LogP contribution >= 0.6 is 11.8 Å². The molecule has 1 fully saturated rings. The lowest BCUT2D eigenvalue weighted by Crippen LogP contribution is -2.43. The molecule has 1 aliphatic rings. The van der Waals surface area contributed by atoms with Crippen molar-refractivity contribution in [2.45, 2.75) is 23.8 Å². The van der Waals surface area contributed by atoms with Crippen LogP contribution in [0, 0.1) is 5.92 Å². The number of benzene rings is 1. The molecule has 2 rings (SSSR count). The van der Waals surface area contributed by atoms with Crippen molar-refractivity contribution < 1.29 is 19.4 Å². The van der Waals surface area contributed by atoms with Gasteiger partial charge in [0.2, 0.25) is 5.91 Å². The van der Waals surface area contributed by atoms with Crippen LogP contribution in [0.25, 0.3) is 0 Å². The monoisotopic (exact) mass is 295 g/mol. The number of ether oxygens (including phenoxy) is 1. The van der Waals surface area contributed by atoms with Gasteiger partial charge in [-0.2, -0.15) is 0 Å². The zero-order valence-corrected chi connectivity index (χ0v) is 12.0. The fraction of sp³-hybridized carbons (Fsp3) is 0.429. The van der Waals surface area contributed by atoms with Crippen molar-refractivity contribution in [3.8, 4) is 5.75 Å². The maximum absolute atomic E-state index is 11.8. The van der Waals surface area contributed by atoms with Crippen LogP contribution < -0.4 is 10.1 Å². The number of amides is 1. The number of carbonyl (C=O) groups is 2. The number of aliphatic carboxylic acids is 1. The standard InChI is InChI=1S/C14H17NO4S/c1-19-10-3-2-4-11(7-10)20-8-12(16)15-13(14(17)18)9-5-6-9/h2-4,7,9,13H,5-6,8H2,1H3,(H,15,16)(H,17,18). The third kappa shape index (κ3) is 4.16. The van der Waals surface area contributed by atoms with Gasteiger partial charge in [-0.3, -0.25) is 4.79 Å². The molecule has 2 N–H and O–H groups in total. The number of thioether (sulfide) groups is 1. The van der Waals surface area contributed by atoms with Gasteiger partial charge >= 0.3 is 5.97 Å². The summed E-state index contributed by atoms with van der Waals surface area (Å²) >= 11 is 1.36. The summed E-state index contributed by atoms with van der Waals surface area (Å²) in [5.74, 6) is -0.177. The first kappa shape index (κ1) is 14.7. The number of hydrogen-bond acceptors (Lipinski definition) is 4. The van der Waals surface area contributed by atoms with Gasteiger partial charge in [0, 0.05) is 4.90 Å². The lowest BCUT2D eigenvalue weighted by molar-refractivity contribution is -0.142. The van der Waals surface area contributed by atoms with Gasteiger partial charge in [0.15, 0.2) is 0 Å². The summed E-state index contributed by atoms with van der Waals surface area (Å²) in [6.07, 6.45) is 1.75. The Kier molecular flexibility index (Phi) is 4.89. The maximum atomic E-state index is 11.8. The first-order valence-corrected chi connectivity index (χ1v) is 7.37. The zero-order valence-electron chi connectivity index (χ0n) is 11.2. The average Bonchev–Trinajstić information content (AvgIpc) is 3.27. The quantitative estimate of drug-likeness (QED) is 0.750. The van der Waals surface area contributed by atoms with Gasteiger partial charge in [-0.1, -0.05) is 6.07 Å². The lowest BCUT2D eigenvalue weighted by Gasteiger charge is -2.13. The minimum absolute atomic E-state index is 0.0956. The molecular formula is C14H17NO4S. The molecular weight excluding hydrogens is 278 g/mol. The molecule has 20 heavy (non-hydrogen) atoms. The smallest absolute Gasteiger partial charge is 0.326 e. The van der Waals surface area contributed by atoms with E-state index in [9.17, 15) is 9.59 Å². The van der Waals surface area contributed by atoms with Crippen molar-refractivity contribution in [3.63, 3.8) is 0 Å². The first-order valence-electron chi connectivity index (χ1n) is 6.39. The van der Waals surface area contributed by atoms with Gasteiger partial charge in [-0.25, -0.2) is 4.79 Å². The normalized spacial score (nSPS) is 15.4. The number of carbonyl (C=O) groups excluding carboxylic acids is 1. The van der Waals surface area contributed by atoms with Crippen molar-refractivity contribution in [1.82, 2.24) is 5.32 Å². The Labute approximate surface area is 121 Å². The molecule has 0 aromatic heterocycles. The summed E-state index contributed by atoms with van der Waals surface area (Å²) in [7, 11) is 1.59. The van der Waals surface area contributed by atoms with E-state index < -0.39 is 12.0 Å². The summed E-state index contributed by atoms with van der Waals surface area (Å²) in [5.41, 5.74) is 0. The Morgan fingerprint density at radius 2 is 2.25 bits per heavy atom. The van der Waals surface area contributed by atoms with Crippen LogP contribution in [-0.4, -0.2) is 35.9 Å². The molecule has 108 valence electrons. The van der Waals surface area contributed by atoms with Crippen LogP contribution in [0.3, 0.4) is 0 Å². The van der Waals surface area contributed by atoms with Crippen LogP contribution in [0.5, 0.6) is 5.75 Å². The Morgan fingerprint density at radius 1 is 1.50 bits per heavy atom. The Hall–Kier alpha value is -1.69. The van der Waals surface area contributed by atoms with Crippen molar-refractivity contribution >= 4 is 23.6 Å². The average molecular weight is 295 g/mol. The molecule has 6 heteroatoms. The zero-order chi connectivity index (χ0) is 14.5. The topological polar surface area (TPSA) is 75.6 Å². The molecule has 1 aliphatic carbocycles. The van der Waals surface area contributed by atoms with Crippen LogP contribution in [0.1, 0.15) is 12.8 Å². The summed E-state index contributed by atoms with van der Waals surface area (Å²) in [6, 6.07) is 6.67. The lowest BCUT2D eigenvalue weighted by atomic mass is 10.2. The second kappa shape index (κ2) is 6.65. The summed E-state index contributed by atoms with van der Waals surface area (Å²) in [4.78, 5) is 23.7. The Bertz CT molecular complexity index is 502.